The monoisotopic (exact) mass is 641 g/mol. The number of fused-ring (bicyclic) bond motifs is 11. The standard InChI is InChI=1S/C42H28BrNO/c43-27-10-9-11-28(24-27)45-29-20-21-37-35-17-7-8-19-39(35)42(40(37)25-29)44-23-22-38-34-16-4-3-14-32(34)30-12-1-2-13-31(30)33-15-5-6-18-36(33)41(38)26-44/h1-22,24-26,42H,23H2. The first-order valence-electron chi connectivity index (χ1n) is 15.4. The van der Waals surface area contributed by atoms with Crippen LogP contribution in [0, 0.1) is 0 Å². The summed E-state index contributed by atoms with van der Waals surface area (Å²) in [5, 5.41) is 0. The van der Waals surface area contributed by atoms with Gasteiger partial charge in [0.25, 0.3) is 0 Å². The second-order valence-electron chi connectivity index (χ2n) is 11.8. The summed E-state index contributed by atoms with van der Waals surface area (Å²) in [4.78, 5) is 2.51. The molecule has 3 heteroatoms. The Kier molecular flexibility index (Phi) is 6.14. The van der Waals surface area contributed by atoms with Gasteiger partial charge in [0.1, 0.15) is 11.5 Å². The Morgan fingerprint density at radius 3 is 1.73 bits per heavy atom. The van der Waals surface area contributed by atoms with Gasteiger partial charge < -0.3 is 9.64 Å². The number of allylic oxidation sites excluding steroid dienone is 2. The van der Waals surface area contributed by atoms with E-state index < -0.39 is 0 Å². The number of rotatable bonds is 3. The topological polar surface area (TPSA) is 12.5 Å². The summed E-state index contributed by atoms with van der Waals surface area (Å²) in [5.74, 6) is 1.65. The Morgan fingerprint density at radius 1 is 0.489 bits per heavy atom. The van der Waals surface area contributed by atoms with Gasteiger partial charge in [0.05, 0.1) is 6.04 Å². The van der Waals surface area contributed by atoms with Crippen molar-refractivity contribution in [1.82, 2.24) is 4.90 Å². The van der Waals surface area contributed by atoms with Gasteiger partial charge in [0.15, 0.2) is 0 Å². The number of ether oxygens (including phenoxy) is 1. The SMILES string of the molecule is Brc1cccc(Oc2ccc3c(c2)C(N2C=C4C(=CC2)c2ccccc2-c2ccccc2-c2ccccc24)c2ccccc2-3)c1. The number of benzene rings is 6. The maximum absolute atomic E-state index is 6.38. The fourth-order valence-electron chi connectivity index (χ4n) is 7.35. The molecule has 1 atom stereocenters. The molecule has 2 nitrogen and oxygen atoms in total. The molecule has 45 heavy (non-hydrogen) atoms. The lowest BCUT2D eigenvalue weighted by Crippen LogP contribution is -2.26. The predicted molar refractivity (Wildman–Crippen MR) is 188 cm³/mol. The van der Waals surface area contributed by atoms with E-state index in [1.807, 2.05) is 24.3 Å². The van der Waals surface area contributed by atoms with Gasteiger partial charge in [-0.3, -0.25) is 0 Å². The molecule has 0 radical (unpaired) electrons. The molecule has 3 aliphatic rings. The Bertz CT molecular complexity index is 2210. The van der Waals surface area contributed by atoms with Crippen molar-refractivity contribution in [3.8, 4) is 44.9 Å². The lowest BCUT2D eigenvalue weighted by molar-refractivity contribution is 0.353. The normalized spacial score (nSPS) is 15.6. The molecule has 2 aliphatic carbocycles. The van der Waals surface area contributed by atoms with Crippen molar-refractivity contribution in [2.75, 3.05) is 6.54 Å². The highest BCUT2D eigenvalue weighted by Crippen LogP contribution is 2.52. The summed E-state index contributed by atoms with van der Waals surface area (Å²) in [6, 6.07) is 50.0. The van der Waals surface area contributed by atoms with Crippen LogP contribution in [0.2, 0.25) is 0 Å². The third-order valence-corrected chi connectivity index (χ3v) is 9.75. The molecule has 214 valence electrons. The van der Waals surface area contributed by atoms with Gasteiger partial charge in [-0.15, -0.1) is 0 Å². The van der Waals surface area contributed by atoms with E-state index in [0.29, 0.717) is 0 Å². The van der Waals surface area contributed by atoms with Gasteiger partial charge in [0, 0.05) is 22.8 Å². The van der Waals surface area contributed by atoms with E-state index >= 15 is 0 Å². The van der Waals surface area contributed by atoms with Gasteiger partial charge >= 0.3 is 0 Å². The summed E-state index contributed by atoms with van der Waals surface area (Å²) in [6.07, 6.45) is 4.85. The van der Waals surface area contributed by atoms with Crippen LogP contribution in [0.1, 0.15) is 28.3 Å². The van der Waals surface area contributed by atoms with Gasteiger partial charge in [-0.25, -0.2) is 0 Å². The zero-order valence-corrected chi connectivity index (χ0v) is 26.0. The molecule has 0 amide bonds. The van der Waals surface area contributed by atoms with Crippen molar-refractivity contribution >= 4 is 27.1 Å². The van der Waals surface area contributed by atoms with Crippen molar-refractivity contribution in [1.29, 1.82) is 0 Å². The third-order valence-electron chi connectivity index (χ3n) is 9.26. The molecule has 1 unspecified atom stereocenters. The minimum Gasteiger partial charge on any atom is -0.457 e. The summed E-state index contributed by atoms with van der Waals surface area (Å²) in [6.45, 7) is 0.798. The van der Waals surface area contributed by atoms with Crippen LogP contribution < -0.4 is 4.74 Å². The van der Waals surface area contributed by atoms with E-state index in [1.165, 1.54) is 66.8 Å². The fourth-order valence-corrected chi connectivity index (χ4v) is 7.73. The van der Waals surface area contributed by atoms with Crippen molar-refractivity contribution in [3.63, 3.8) is 0 Å². The van der Waals surface area contributed by atoms with Crippen LogP contribution in [0.3, 0.4) is 0 Å². The third kappa shape index (κ3) is 4.30. The highest BCUT2D eigenvalue weighted by Gasteiger charge is 2.35. The van der Waals surface area contributed by atoms with E-state index in [0.717, 1.165) is 22.5 Å². The molecule has 6 aromatic carbocycles. The second-order valence-corrected chi connectivity index (χ2v) is 12.7. The van der Waals surface area contributed by atoms with Crippen LogP contribution >= 0.6 is 15.9 Å². The molecule has 0 saturated heterocycles. The highest BCUT2D eigenvalue weighted by atomic mass is 79.9. The Hall–Kier alpha value is -5.12. The van der Waals surface area contributed by atoms with E-state index in [9.17, 15) is 0 Å². The zero-order chi connectivity index (χ0) is 29.9. The Labute approximate surface area is 271 Å². The number of hydrogen-bond acceptors (Lipinski definition) is 2. The number of hydrogen-bond donors (Lipinski definition) is 0. The Balaban J connectivity index is 1.21. The first kappa shape index (κ1) is 26.3. The van der Waals surface area contributed by atoms with E-state index in [2.05, 4.69) is 148 Å². The first-order chi connectivity index (χ1) is 22.2. The molecular weight excluding hydrogens is 614 g/mol. The minimum atomic E-state index is 0.0627. The maximum Gasteiger partial charge on any atom is 0.128 e. The highest BCUT2D eigenvalue weighted by molar-refractivity contribution is 9.10. The van der Waals surface area contributed by atoms with Gasteiger partial charge in [-0.2, -0.15) is 0 Å². The average molecular weight is 643 g/mol. The van der Waals surface area contributed by atoms with Crippen LogP contribution in [0.15, 0.2) is 156 Å². The molecule has 0 fully saturated rings. The fraction of sp³-hybridized carbons (Fsp3) is 0.0476. The quantitative estimate of drug-likeness (QED) is 0.190. The summed E-state index contributed by atoms with van der Waals surface area (Å²) >= 11 is 3.58. The van der Waals surface area contributed by atoms with Gasteiger partial charge in [-0.05, 0) is 91.5 Å². The predicted octanol–water partition coefficient (Wildman–Crippen LogP) is 11.4. The molecule has 1 aliphatic heterocycles. The van der Waals surface area contributed by atoms with Crippen molar-refractivity contribution < 1.29 is 4.74 Å². The van der Waals surface area contributed by atoms with Gasteiger partial charge in [0.2, 0.25) is 0 Å². The number of halogens is 1. The molecule has 0 spiro atoms. The second kappa shape index (κ2) is 10.5. The summed E-state index contributed by atoms with van der Waals surface area (Å²) < 4.78 is 7.38. The van der Waals surface area contributed by atoms with Crippen LogP contribution in [0.25, 0.3) is 44.5 Å². The molecule has 0 N–H and O–H groups in total. The summed E-state index contributed by atoms with van der Waals surface area (Å²) in [5.41, 5.74) is 15.3. The molecule has 0 bridgehead atoms. The van der Waals surface area contributed by atoms with Crippen LogP contribution in [0.4, 0.5) is 0 Å². The van der Waals surface area contributed by atoms with Crippen molar-refractivity contribution in [2.45, 2.75) is 6.04 Å². The van der Waals surface area contributed by atoms with Gasteiger partial charge in [-0.1, -0.05) is 131 Å². The maximum atomic E-state index is 6.38. The summed E-state index contributed by atoms with van der Waals surface area (Å²) in [7, 11) is 0. The van der Waals surface area contributed by atoms with Crippen molar-refractivity contribution in [2.24, 2.45) is 0 Å². The lowest BCUT2D eigenvalue weighted by atomic mass is 9.79. The average Bonchev–Trinajstić information content (AvgIpc) is 3.41. The van der Waals surface area contributed by atoms with Crippen LogP contribution in [-0.4, -0.2) is 11.4 Å². The van der Waals surface area contributed by atoms with Crippen LogP contribution in [-0.2, 0) is 0 Å². The molecule has 9 rings (SSSR count). The van der Waals surface area contributed by atoms with Crippen molar-refractivity contribution in [3.05, 3.63) is 179 Å². The zero-order valence-electron chi connectivity index (χ0n) is 24.5. The van der Waals surface area contributed by atoms with E-state index in [4.69, 9.17) is 4.74 Å². The largest absolute Gasteiger partial charge is 0.457 e. The molecule has 0 saturated carbocycles. The first-order valence-corrected chi connectivity index (χ1v) is 16.2. The number of nitrogens with zero attached hydrogens (tertiary/aromatic N) is 1. The minimum absolute atomic E-state index is 0.0627. The van der Waals surface area contributed by atoms with Crippen LogP contribution in [0.5, 0.6) is 11.5 Å². The Morgan fingerprint density at radius 2 is 1.04 bits per heavy atom. The smallest absolute Gasteiger partial charge is 0.128 e. The lowest BCUT2D eigenvalue weighted by Gasteiger charge is -2.35. The van der Waals surface area contributed by atoms with E-state index in [-0.39, 0.29) is 6.04 Å². The molecule has 0 aromatic heterocycles. The molecule has 1 heterocycles. The molecular formula is C42H28BrNO. The molecule has 6 aromatic rings. The van der Waals surface area contributed by atoms with E-state index in [1.54, 1.807) is 0 Å².